The highest BCUT2D eigenvalue weighted by molar-refractivity contribution is 5.68. The van der Waals surface area contributed by atoms with E-state index >= 15 is 0 Å². The first-order valence-corrected chi connectivity index (χ1v) is 5.11. The molecule has 1 aliphatic carbocycles. The molecule has 0 heterocycles. The Balaban J connectivity index is 2.11. The molecule has 0 aliphatic heterocycles. The molecule has 0 atom stereocenters. The quantitative estimate of drug-likeness (QED) is 0.732. The van der Waals surface area contributed by atoms with Crippen LogP contribution in [0.2, 0.25) is 0 Å². The lowest BCUT2D eigenvalue weighted by atomic mass is 9.98. The van der Waals surface area contributed by atoms with Crippen molar-refractivity contribution in [3.05, 3.63) is 6.54 Å². The van der Waals surface area contributed by atoms with Gasteiger partial charge in [-0.2, -0.15) is 0 Å². The molecule has 1 radical (unpaired) electrons. The van der Waals surface area contributed by atoms with Crippen LogP contribution in [-0.2, 0) is 4.74 Å². The first-order valence-electron chi connectivity index (χ1n) is 5.11. The van der Waals surface area contributed by atoms with Gasteiger partial charge in [0, 0.05) is 0 Å². The summed E-state index contributed by atoms with van der Waals surface area (Å²) in [6, 6.07) is 0. The molecule has 3 nitrogen and oxygen atoms in total. The van der Waals surface area contributed by atoms with Gasteiger partial charge in [0.2, 0.25) is 0 Å². The second kappa shape index (κ2) is 5.84. The van der Waals surface area contributed by atoms with Crippen LogP contribution in [-0.4, -0.2) is 12.2 Å². The highest BCUT2D eigenvalue weighted by Crippen LogP contribution is 2.20. The maximum Gasteiger partial charge on any atom is 0.407 e. The van der Waals surface area contributed by atoms with E-state index in [1.807, 2.05) is 6.92 Å². The van der Waals surface area contributed by atoms with Gasteiger partial charge in [0.1, 0.15) is 6.10 Å². The van der Waals surface area contributed by atoms with Crippen molar-refractivity contribution in [2.24, 2.45) is 0 Å². The molecular formula is C10H18NO2. The minimum Gasteiger partial charge on any atom is -0.446 e. The van der Waals surface area contributed by atoms with E-state index in [4.69, 9.17) is 4.74 Å². The van der Waals surface area contributed by atoms with Gasteiger partial charge in [-0.25, -0.2) is 4.79 Å². The van der Waals surface area contributed by atoms with Crippen LogP contribution in [0.4, 0.5) is 4.79 Å². The first-order chi connectivity index (χ1) is 6.33. The Morgan fingerprint density at radius 1 is 1.46 bits per heavy atom. The van der Waals surface area contributed by atoms with Gasteiger partial charge in [0.05, 0.1) is 6.54 Å². The van der Waals surface area contributed by atoms with Gasteiger partial charge in [0.15, 0.2) is 0 Å². The highest BCUT2D eigenvalue weighted by Gasteiger charge is 2.16. The number of hydrogen-bond donors (Lipinski definition) is 1. The Morgan fingerprint density at radius 2 is 2.15 bits per heavy atom. The summed E-state index contributed by atoms with van der Waals surface area (Å²) in [4.78, 5) is 11.1. The number of carbonyl (C=O) groups is 1. The van der Waals surface area contributed by atoms with Crippen molar-refractivity contribution in [2.75, 3.05) is 0 Å². The molecule has 3 heteroatoms. The number of ether oxygens (including phenoxy) is 1. The minimum atomic E-state index is -0.297. The summed E-state index contributed by atoms with van der Waals surface area (Å²) in [5.41, 5.74) is 0. The van der Waals surface area contributed by atoms with E-state index < -0.39 is 0 Å². The summed E-state index contributed by atoms with van der Waals surface area (Å²) < 4.78 is 5.21. The van der Waals surface area contributed by atoms with Crippen LogP contribution in [0, 0.1) is 6.54 Å². The van der Waals surface area contributed by atoms with E-state index in [0.29, 0.717) is 0 Å². The molecule has 75 valence electrons. The van der Waals surface area contributed by atoms with Crippen LogP contribution in [0.5, 0.6) is 0 Å². The molecule has 0 aromatic heterocycles. The van der Waals surface area contributed by atoms with Gasteiger partial charge in [-0.15, -0.1) is 0 Å². The number of nitrogens with one attached hydrogen (secondary N) is 1. The summed E-state index contributed by atoms with van der Waals surface area (Å²) in [5, 5.41) is 2.59. The monoisotopic (exact) mass is 184 g/mol. The van der Waals surface area contributed by atoms with Crippen LogP contribution < -0.4 is 5.32 Å². The molecular weight excluding hydrogens is 166 g/mol. The van der Waals surface area contributed by atoms with Crippen molar-refractivity contribution in [2.45, 2.75) is 51.6 Å². The number of rotatable bonds is 3. The van der Waals surface area contributed by atoms with E-state index in [1.54, 1.807) is 6.54 Å². The van der Waals surface area contributed by atoms with Crippen molar-refractivity contribution in [3.63, 3.8) is 0 Å². The molecule has 0 unspecified atom stereocenters. The number of carbonyl (C=O) groups excluding carboxylic acids is 1. The van der Waals surface area contributed by atoms with Crippen LogP contribution in [0.25, 0.3) is 0 Å². The van der Waals surface area contributed by atoms with Crippen molar-refractivity contribution in [3.8, 4) is 0 Å². The van der Waals surface area contributed by atoms with E-state index in [-0.39, 0.29) is 12.2 Å². The fraction of sp³-hybridized carbons (Fsp3) is 0.800. The van der Waals surface area contributed by atoms with Crippen LogP contribution in [0.15, 0.2) is 0 Å². The third-order valence-corrected chi connectivity index (χ3v) is 2.25. The van der Waals surface area contributed by atoms with Crippen molar-refractivity contribution < 1.29 is 9.53 Å². The van der Waals surface area contributed by atoms with Crippen LogP contribution in [0.1, 0.15) is 45.4 Å². The Morgan fingerprint density at radius 3 is 2.77 bits per heavy atom. The number of alkyl carbamates (subject to hydrolysis) is 1. The zero-order chi connectivity index (χ0) is 9.52. The van der Waals surface area contributed by atoms with E-state index in [2.05, 4.69) is 5.32 Å². The predicted octanol–water partition coefficient (Wildman–Crippen LogP) is 2.62. The molecule has 0 bridgehead atoms. The number of hydrogen-bond acceptors (Lipinski definition) is 2. The maximum atomic E-state index is 11.1. The smallest absolute Gasteiger partial charge is 0.407 e. The molecule has 1 fully saturated rings. The van der Waals surface area contributed by atoms with Crippen molar-refractivity contribution >= 4 is 6.09 Å². The first kappa shape index (κ1) is 10.4. The SMILES string of the molecule is CC[CH]NC(=O)OC1CCCCC1. The van der Waals surface area contributed by atoms with Gasteiger partial charge in [-0.05, 0) is 32.1 Å². The van der Waals surface area contributed by atoms with Crippen LogP contribution in [0.3, 0.4) is 0 Å². The average Bonchev–Trinajstić information content (AvgIpc) is 2.16. The molecule has 0 aromatic rings. The average molecular weight is 184 g/mol. The summed E-state index contributed by atoms with van der Waals surface area (Å²) >= 11 is 0. The molecule has 1 rings (SSSR count). The fourth-order valence-electron chi connectivity index (χ4n) is 1.55. The normalized spacial score (nSPS) is 18.2. The summed E-state index contributed by atoms with van der Waals surface area (Å²) in [7, 11) is 0. The summed E-state index contributed by atoms with van der Waals surface area (Å²) in [5.74, 6) is 0. The zero-order valence-electron chi connectivity index (χ0n) is 8.21. The van der Waals surface area contributed by atoms with Crippen molar-refractivity contribution in [1.82, 2.24) is 5.32 Å². The van der Waals surface area contributed by atoms with Gasteiger partial charge in [-0.3, -0.25) is 0 Å². The lowest BCUT2D eigenvalue weighted by molar-refractivity contribution is 0.0769. The van der Waals surface area contributed by atoms with E-state index in [9.17, 15) is 4.79 Å². The van der Waals surface area contributed by atoms with Crippen LogP contribution >= 0.6 is 0 Å². The fourth-order valence-corrected chi connectivity index (χ4v) is 1.55. The molecule has 0 aromatic carbocycles. The van der Waals surface area contributed by atoms with Gasteiger partial charge < -0.3 is 10.1 Å². The van der Waals surface area contributed by atoms with Gasteiger partial charge in [-0.1, -0.05) is 13.3 Å². The minimum absolute atomic E-state index is 0.152. The molecule has 0 saturated heterocycles. The molecule has 1 amide bonds. The second-order valence-electron chi connectivity index (χ2n) is 3.42. The third kappa shape index (κ3) is 4.15. The molecule has 1 aliphatic rings. The summed E-state index contributed by atoms with van der Waals surface area (Å²) in [6.45, 7) is 3.69. The largest absolute Gasteiger partial charge is 0.446 e. The second-order valence-corrected chi connectivity index (χ2v) is 3.42. The lowest BCUT2D eigenvalue weighted by Crippen LogP contribution is -2.28. The molecule has 0 spiro atoms. The standard InChI is InChI=1S/C10H18NO2/c1-2-8-11-10(12)13-9-6-4-3-5-7-9/h8-9H,2-7H2,1H3,(H,11,12). The Labute approximate surface area is 79.8 Å². The van der Waals surface area contributed by atoms with Crippen molar-refractivity contribution in [1.29, 1.82) is 0 Å². The Bertz CT molecular complexity index is 153. The highest BCUT2D eigenvalue weighted by atomic mass is 16.6. The molecule has 1 saturated carbocycles. The maximum absolute atomic E-state index is 11.1. The Kier molecular flexibility index (Phi) is 4.65. The van der Waals surface area contributed by atoms with E-state index in [0.717, 1.165) is 19.3 Å². The third-order valence-electron chi connectivity index (χ3n) is 2.25. The zero-order valence-corrected chi connectivity index (χ0v) is 8.21. The predicted molar refractivity (Wildman–Crippen MR) is 51.1 cm³/mol. The lowest BCUT2D eigenvalue weighted by Gasteiger charge is -2.21. The van der Waals surface area contributed by atoms with Gasteiger partial charge >= 0.3 is 6.09 Å². The molecule has 13 heavy (non-hydrogen) atoms. The topological polar surface area (TPSA) is 38.3 Å². The Hall–Kier alpha value is -0.730. The summed E-state index contributed by atoms with van der Waals surface area (Å²) in [6.07, 6.45) is 6.40. The number of amides is 1. The van der Waals surface area contributed by atoms with E-state index in [1.165, 1.54) is 19.3 Å². The molecule has 1 N–H and O–H groups in total. The van der Waals surface area contributed by atoms with Gasteiger partial charge in [0.25, 0.3) is 0 Å².